The van der Waals surface area contributed by atoms with Gasteiger partial charge in [-0.15, -0.1) is 0 Å². The second kappa shape index (κ2) is 10.3. The third-order valence-corrected chi connectivity index (χ3v) is 5.73. The fourth-order valence-corrected chi connectivity index (χ4v) is 4.01. The molecule has 0 saturated carbocycles. The Morgan fingerprint density at radius 2 is 1.84 bits per heavy atom. The molecule has 1 amide bonds. The quantitative estimate of drug-likeness (QED) is 0.612. The average Bonchev–Trinajstić information content (AvgIpc) is 2.74. The van der Waals surface area contributed by atoms with Gasteiger partial charge in [0, 0.05) is 48.5 Å². The van der Waals surface area contributed by atoms with E-state index in [0.29, 0.717) is 54.8 Å². The van der Waals surface area contributed by atoms with Crippen LogP contribution in [0.2, 0.25) is 10.0 Å². The van der Waals surface area contributed by atoms with Gasteiger partial charge in [0.25, 0.3) is 0 Å². The molecule has 1 fully saturated rings. The standard InChI is InChI=1S/C24H28Cl2N4O2/c1-24(2,3)32-23(31)30-12-10-29(11-13-30)20-7-5-18(16-27)22(15-20)28-9-8-17-4-6-19(25)14-21(17)26/h4-7,14-15,28H,8-13H2,1-3H3. The molecule has 6 nitrogen and oxygen atoms in total. The molecular formula is C24H28Cl2N4O2. The number of benzene rings is 2. The maximum absolute atomic E-state index is 12.3. The molecule has 0 aromatic heterocycles. The molecule has 2 aromatic carbocycles. The molecule has 170 valence electrons. The summed E-state index contributed by atoms with van der Waals surface area (Å²) in [6, 6.07) is 13.5. The van der Waals surface area contributed by atoms with Gasteiger partial charge in [0.1, 0.15) is 11.7 Å². The topological polar surface area (TPSA) is 68.6 Å². The van der Waals surface area contributed by atoms with E-state index in [0.717, 1.165) is 16.9 Å². The van der Waals surface area contributed by atoms with Crippen LogP contribution in [0, 0.1) is 11.3 Å². The first kappa shape index (κ1) is 24.0. The predicted octanol–water partition coefficient (Wildman–Crippen LogP) is 5.58. The van der Waals surface area contributed by atoms with Crippen LogP contribution in [0.1, 0.15) is 31.9 Å². The van der Waals surface area contributed by atoms with Gasteiger partial charge in [-0.2, -0.15) is 5.26 Å². The van der Waals surface area contributed by atoms with E-state index in [1.54, 1.807) is 11.0 Å². The van der Waals surface area contributed by atoms with Crippen molar-refractivity contribution in [1.82, 2.24) is 4.90 Å². The Labute approximate surface area is 199 Å². The van der Waals surface area contributed by atoms with E-state index in [-0.39, 0.29) is 6.09 Å². The molecule has 0 spiro atoms. The molecule has 32 heavy (non-hydrogen) atoms. The van der Waals surface area contributed by atoms with Crippen molar-refractivity contribution in [1.29, 1.82) is 5.26 Å². The van der Waals surface area contributed by atoms with E-state index in [9.17, 15) is 10.1 Å². The second-order valence-electron chi connectivity index (χ2n) is 8.71. The normalized spacial score (nSPS) is 14.1. The number of amides is 1. The van der Waals surface area contributed by atoms with Crippen LogP contribution in [0.5, 0.6) is 0 Å². The van der Waals surface area contributed by atoms with Gasteiger partial charge in [-0.3, -0.25) is 0 Å². The zero-order valence-electron chi connectivity index (χ0n) is 18.6. The van der Waals surface area contributed by atoms with Crippen LogP contribution in [0.3, 0.4) is 0 Å². The largest absolute Gasteiger partial charge is 0.444 e. The van der Waals surface area contributed by atoms with Crippen LogP contribution in [-0.2, 0) is 11.2 Å². The van der Waals surface area contributed by atoms with Crippen LogP contribution in [-0.4, -0.2) is 49.3 Å². The number of nitrogens with zero attached hydrogens (tertiary/aromatic N) is 3. The Morgan fingerprint density at radius 1 is 1.12 bits per heavy atom. The number of nitriles is 1. The minimum Gasteiger partial charge on any atom is -0.444 e. The first-order valence-corrected chi connectivity index (χ1v) is 11.4. The lowest BCUT2D eigenvalue weighted by Crippen LogP contribution is -2.50. The summed E-state index contributed by atoms with van der Waals surface area (Å²) in [4.78, 5) is 16.2. The number of rotatable bonds is 5. The summed E-state index contributed by atoms with van der Waals surface area (Å²) in [6.07, 6.45) is 0.430. The smallest absolute Gasteiger partial charge is 0.410 e. The van der Waals surface area contributed by atoms with E-state index in [1.165, 1.54) is 0 Å². The van der Waals surface area contributed by atoms with Gasteiger partial charge in [-0.25, -0.2) is 4.79 Å². The first-order chi connectivity index (χ1) is 15.2. The van der Waals surface area contributed by atoms with Crippen molar-refractivity contribution in [2.24, 2.45) is 0 Å². The number of carbonyl (C=O) groups is 1. The fraction of sp³-hybridized carbons (Fsp3) is 0.417. The van der Waals surface area contributed by atoms with Crippen LogP contribution in [0.4, 0.5) is 16.2 Å². The van der Waals surface area contributed by atoms with E-state index in [4.69, 9.17) is 27.9 Å². The molecule has 0 aliphatic carbocycles. The van der Waals surface area contributed by atoms with Crippen LogP contribution in [0.25, 0.3) is 0 Å². The van der Waals surface area contributed by atoms with Crippen LogP contribution >= 0.6 is 23.2 Å². The molecule has 1 N–H and O–H groups in total. The Kier molecular flexibility index (Phi) is 7.76. The number of ether oxygens (including phenoxy) is 1. The summed E-state index contributed by atoms with van der Waals surface area (Å²) in [5.74, 6) is 0. The van der Waals surface area contributed by atoms with Crippen molar-refractivity contribution in [3.8, 4) is 6.07 Å². The first-order valence-electron chi connectivity index (χ1n) is 10.6. The number of anilines is 2. The van der Waals surface area contributed by atoms with Gasteiger partial charge in [0.2, 0.25) is 0 Å². The van der Waals surface area contributed by atoms with E-state index in [1.807, 2.05) is 51.1 Å². The average molecular weight is 475 g/mol. The molecule has 1 aliphatic heterocycles. The van der Waals surface area contributed by atoms with Gasteiger partial charge < -0.3 is 19.9 Å². The Balaban J connectivity index is 1.61. The lowest BCUT2D eigenvalue weighted by atomic mass is 10.1. The summed E-state index contributed by atoms with van der Waals surface area (Å²) >= 11 is 12.2. The molecule has 1 saturated heterocycles. The number of hydrogen-bond donors (Lipinski definition) is 1. The van der Waals surface area contributed by atoms with Crippen molar-refractivity contribution in [3.05, 3.63) is 57.6 Å². The highest BCUT2D eigenvalue weighted by Gasteiger charge is 2.26. The Bertz CT molecular complexity index is 1010. The van der Waals surface area contributed by atoms with Gasteiger partial charge in [-0.05, 0) is 63.1 Å². The van der Waals surface area contributed by atoms with Gasteiger partial charge in [-0.1, -0.05) is 29.3 Å². The van der Waals surface area contributed by atoms with Crippen molar-refractivity contribution in [2.75, 3.05) is 42.9 Å². The molecule has 0 atom stereocenters. The predicted molar refractivity (Wildman–Crippen MR) is 130 cm³/mol. The maximum atomic E-state index is 12.3. The highest BCUT2D eigenvalue weighted by Crippen LogP contribution is 2.26. The third-order valence-electron chi connectivity index (χ3n) is 5.15. The van der Waals surface area contributed by atoms with Crippen molar-refractivity contribution >= 4 is 40.7 Å². The molecule has 8 heteroatoms. The molecule has 0 bridgehead atoms. The second-order valence-corrected chi connectivity index (χ2v) is 9.55. The Morgan fingerprint density at radius 3 is 2.47 bits per heavy atom. The van der Waals surface area contributed by atoms with E-state index in [2.05, 4.69) is 16.3 Å². The van der Waals surface area contributed by atoms with Gasteiger partial charge >= 0.3 is 6.09 Å². The minimum atomic E-state index is -0.502. The summed E-state index contributed by atoms with van der Waals surface area (Å²) in [7, 11) is 0. The summed E-state index contributed by atoms with van der Waals surface area (Å²) < 4.78 is 5.47. The van der Waals surface area contributed by atoms with Gasteiger partial charge in [0.15, 0.2) is 0 Å². The number of carbonyl (C=O) groups excluding carboxylic acids is 1. The fourth-order valence-electron chi connectivity index (χ4n) is 3.50. The molecular weight excluding hydrogens is 447 g/mol. The number of halogens is 2. The lowest BCUT2D eigenvalue weighted by molar-refractivity contribution is 0.0240. The summed E-state index contributed by atoms with van der Waals surface area (Å²) in [5.41, 5.74) is 2.88. The van der Waals surface area contributed by atoms with Crippen molar-refractivity contribution < 1.29 is 9.53 Å². The highest BCUT2D eigenvalue weighted by atomic mass is 35.5. The van der Waals surface area contributed by atoms with E-state index < -0.39 is 5.60 Å². The Hall–Kier alpha value is -2.62. The third kappa shape index (κ3) is 6.44. The SMILES string of the molecule is CC(C)(C)OC(=O)N1CCN(c2ccc(C#N)c(NCCc3ccc(Cl)cc3Cl)c2)CC1. The summed E-state index contributed by atoms with van der Waals surface area (Å²) in [6.45, 7) is 8.81. The lowest BCUT2D eigenvalue weighted by Gasteiger charge is -2.37. The number of hydrogen-bond acceptors (Lipinski definition) is 5. The molecule has 0 radical (unpaired) electrons. The molecule has 2 aromatic rings. The zero-order valence-corrected chi connectivity index (χ0v) is 20.1. The zero-order chi connectivity index (χ0) is 23.3. The van der Waals surface area contributed by atoms with Crippen LogP contribution < -0.4 is 10.2 Å². The summed E-state index contributed by atoms with van der Waals surface area (Å²) in [5, 5.41) is 14.1. The number of nitrogens with one attached hydrogen (secondary N) is 1. The molecule has 1 heterocycles. The monoisotopic (exact) mass is 474 g/mol. The molecule has 1 aliphatic rings. The van der Waals surface area contributed by atoms with E-state index >= 15 is 0 Å². The van der Waals surface area contributed by atoms with Crippen molar-refractivity contribution in [3.63, 3.8) is 0 Å². The van der Waals surface area contributed by atoms with Crippen LogP contribution in [0.15, 0.2) is 36.4 Å². The minimum absolute atomic E-state index is 0.278. The molecule has 0 unspecified atom stereocenters. The van der Waals surface area contributed by atoms with Gasteiger partial charge in [0.05, 0.1) is 11.3 Å². The van der Waals surface area contributed by atoms with Crippen molar-refractivity contribution in [2.45, 2.75) is 32.8 Å². The maximum Gasteiger partial charge on any atom is 0.410 e. The molecule has 3 rings (SSSR count). The number of piperazine rings is 1. The highest BCUT2D eigenvalue weighted by molar-refractivity contribution is 6.35.